The van der Waals surface area contributed by atoms with Crippen LogP contribution in [0.2, 0.25) is 0 Å². The Kier molecular flexibility index (Phi) is 6.74. The van der Waals surface area contributed by atoms with Crippen LogP contribution in [0.1, 0.15) is 52.4 Å². The summed E-state index contributed by atoms with van der Waals surface area (Å²) in [6.45, 7) is 8.35. The highest BCUT2D eigenvalue weighted by Crippen LogP contribution is 2.40. The van der Waals surface area contributed by atoms with E-state index < -0.39 is 72.5 Å². The third-order valence-corrected chi connectivity index (χ3v) is 13.3. The lowest BCUT2D eigenvalue weighted by Gasteiger charge is -2.32. The first-order valence-electron chi connectivity index (χ1n) is 30.3. The van der Waals surface area contributed by atoms with Gasteiger partial charge in [-0.1, -0.05) is 200 Å². The van der Waals surface area contributed by atoms with Crippen molar-refractivity contribution in [3.05, 3.63) is 222 Å². The molecule has 0 amide bonds. The third kappa shape index (κ3) is 7.59. The maximum atomic E-state index is 8.84. The highest BCUT2D eigenvalue weighted by Gasteiger charge is 2.51. The van der Waals surface area contributed by atoms with E-state index in [1.54, 1.807) is 6.07 Å². The summed E-state index contributed by atoms with van der Waals surface area (Å²) in [6.07, 6.45) is 0. The molecular formula is C62H48BBrO2. The molecule has 0 radical (unpaired) electrons. The Hall–Kier alpha value is -6.82. The van der Waals surface area contributed by atoms with Crippen LogP contribution in [0.15, 0.2) is 222 Å². The number of benzene rings is 12. The van der Waals surface area contributed by atoms with Gasteiger partial charge in [0, 0.05) is 4.47 Å². The summed E-state index contributed by atoms with van der Waals surface area (Å²) in [6, 6.07) is 29.1. The molecule has 318 valence electrons. The Labute approximate surface area is 420 Å². The Morgan fingerprint density at radius 2 is 0.773 bits per heavy atom. The molecule has 0 N–H and O–H groups in total. The Bertz CT molecular complexity index is 4620. The van der Waals surface area contributed by atoms with Crippen LogP contribution in [0.3, 0.4) is 0 Å². The van der Waals surface area contributed by atoms with Crippen molar-refractivity contribution in [2.75, 3.05) is 0 Å². The Morgan fingerprint density at radius 1 is 0.394 bits per heavy atom. The van der Waals surface area contributed by atoms with Crippen molar-refractivity contribution >= 4 is 115 Å². The molecule has 12 aromatic carbocycles. The molecule has 0 aliphatic carbocycles. The lowest BCUT2D eigenvalue weighted by Crippen LogP contribution is -2.41. The maximum Gasteiger partial charge on any atom is 0.494 e. The molecule has 0 spiro atoms. The van der Waals surface area contributed by atoms with Crippen molar-refractivity contribution in [2.45, 2.75) is 38.9 Å². The summed E-state index contributed by atoms with van der Waals surface area (Å²) < 4.78 is 161. The molecule has 0 atom stereocenters. The average Bonchev–Trinajstić information content (AvgIpc) is 1.98. The van der Waals surface area contributed by atoms with Crippen molar-refractivity contribution < 1.29 is 34.0 Å². The fraction of sp³-hybridized carbons (Fsp3) is 0.0968. The second-order valence-electron chi connectivity index (χ2n) is 17.0. The molecule has 13 rings (SSSR count). The van der Waals surface area contributed by atoms with Crippen LogP contribution in [0, 0.1) is 0 Å². The number of hydrogen-bond acceptors (Lipinski definition) is 2. The first-order chi connectivity index (χ1) is 39.6. The number of rotatable bonds is 2. The lowest BCUT2D eigenvalue weighted by molar-refractivity contribution is 0.00578. The van der Waals surface area contributed by atoms with Crippen LogP contribution < -0.4 is 5.46 Å². The van der Waals surface area contributed by atoms with Crippen LogP contribution in [-0.4, -0.2) is 18.3 Å². The topological polar surface area (TPSA) is 18.5 Å². The zero-order valence-corrected chi connectivity index (χ0v) is 37.8. The fourth-order valence-electron chi connectivity index (χ4n) is 8.42. The second kappa shape index (κ2) is 16.9. The number of hydrogen-bond donors (Lipinski definition) is 0. The molecule has 1 aliphatic rings. The van der Waals surface area contributed by atoms with E-state index in [9.17, 15) is 0 Å². The summed E-state index contributed by atoms with van der Waals surface area (Å²) >= 11 is 3.22. The highest BCUT2D eigenvalue weighted by molar-refractivity contribution is 9.10. The predicted molar refractivity (Wildman–Crippen MR) is 288 cm³/mol. The zero-order chi connectivity index (χ0) is 60.7. The fourth-order valence-corrected chi connectivity index (χ4v) is 9.02. The molecule has 0 bridgehead atoms. The van der Waals surface area contributed by atoms with Gasteiger partial charge in [-0.3, -0.25) is 0 Å². The van der Waals surface area contributed by atoms with Gasteiger partial charge in [-0.05, 0) is 165 Å². The van der Waals surface area contributed by atoms with E-state index in [-0.39, 0.29) is 108 Å². The molecule has 0 unspecified atom stereocenters. The molecule has 1 heterocycles. The van der Waals surface area contributed by atoms with Gasteiger partial charge in [0.2, 0.25) is 0 Å². The van der Waals surface area contributed by atoms with Crippen molar-refractivity contribution in [3.8, 4) is 11.1 Å². The van der Waals surface area contributed by atoms with Crippen molar-refractivity contribution in [1.29, 1.82) is 0 Å². The predicted octanol–water partition coefficient (Wildman–Crippen LogP) is 17.0. The smallest absolute Gasteiger partial charge is 0.399 e. The first-order valence-corrected chi connectivity index (χ1v) is 22.1. The van der Waals surface area contributed by atoms with E-state index in [1.165, 1.54) is 21.5 Å². The molecule has 4 heteroatoms. The summed E-state index contributed by atoms with van der Waals surface area (Å²) in [5.74, 6) is 0. The van der Waals surface area contributed by atoms with Gasteiger partial charge in [0.05, 0.1) is 35.9 Å². The minimum absolute atomic E-state index is 0.0310. The molecule has 2 nitrogen and oxygen atoms in total. The van der Waals surface area contributed by atoms with Gasteiger partial charge in [-0.25, -0.2) is 0 Å². The van der Waals surface area contributed by atoms with Gasteiger partial charge in [0.15, 0.2) is 0 Å². The van der Waals surface area contributed by atoms with Crippen LogP contribution in [0.5, 0.6) is 0 Å². The van der Waals surface area contributed by atoms with E-state index in [0.717, 1.165) is 27.0 Å². The van der Waals surface area contributed by atoms with Crippen LogP contribution >= 0.6 is 15.9 Å². The van der Waals surface area contributed by atoms with E-state index in [4.69, 9.17) is 34.0 Å². The van der Waals surface area contributed by atoms with Gasteiger partial charge in [0.25, 0.3) is 0 Å². The molecule has 0 saturated carbocycles. The Balaban J connectivity index is 0.000000137. The van der Waals surface area contributed by atoms with Gasteiger partial charge in [-0.15, -0.1) is 0 Å². The maximum absolute atomic E-state index is 8.84. The molecule has 12 aromatic rings. The second-order valence-corrected chi connectivity index (χ2v) is 17.8. The zero-order valence-electron chi connectivity index (χ0n) is 54.2. The highest BCUT2D eigenvalue weighted by atomic mass is 79.9. The van der Waals surface area contributed by atoms with Crippen molar-refractivity contribution in [3.63, 3.8) is 0 Å². The molecular weight excluding hydrogens is 867 g/mol. The largest absolute Gasteiger partial charge is 0.494 e. The normalized spacial score (nSPS) is 18.0. The Morgan fingerprint density at radius 3 is 1.27 bits per heavy atom. The molecule has 1 aliphatic heterocycles. The molecule has 0 aromatic heterocycles. The van der Waals surface area contributed by atoms with Gasteiger partial charge in [-0.2, -0.15) is 0 Å². The van der Waals surface area contributed by atoms with Gasteiger partial charge < -0.3 is 9.31 Å². The van der Waals surface area contributed by atoms with Crippen LogP contribution in [0.25, 0.3) is 97.3 Å². The minimum Gasteiger partial charge on any atom is -0.399 e. The standard InChI is InChI=1S/C28H18.C20H21BO2.C14H9Br/c1-4-10-24-19(7-1)13-14-20-15-16-23(18-27(20)24)28-25-11-5-2-8-21(25)17-22-9-3-6-12-26(22)28;1-19(2)20(3,4)23-21(22-19)16-12-11-15-10-9-14-7-5-6-8-17(14)18(15)13-16;15-14-12-7-3-1-5-10(12)9-11-6-2-4-8-13(11)14/h1-18H;5-13H,1-4H3;1-9H/i2D,3D,5D,6D,8D,9D,11D,12D,17D;;1D,2D,3D,4D,5D,6D,7D,8D,9D. The van der Waals surface area contributed by atoms with Crippen molar-refractivity contribution in [1.82, 2.24) is 0 Å². The van der Waals surface area contributed by atoms with Crippen LogP contribution in [-0.2, 0) is 9.31 Å². The number of fused-ring (bicyclic) bond motifs is 10. The minimum atomic E-state index is -0.498. The summed E-state index contributed by atoms with van der Waals surface area (Å²) in [7, 11) is -0.316. The molecule has 1 fully saturated rings. The summed E-state index contributed by atoms with van der Waals surface area (Å²) in [5, 5.41) is 8.75. The van der Waals surface area contributed by atoms with E-state index in [1.807, 2.05) is 48.5 Å². The summed E-state index contributed by atoms with van der Waals surface area (Å²) in [5.41, 5.74) is 1.24. The third-order valence-electron chi connectivity index (χ3n) is 12.5. The van der Waals surface area contributed by atoms with Gasteiger partial charge in [0.1, 0.15) is 0 Å². The average molecular weight is 934 g/mol. The van der Waals surface area contributed by atoms with Gasteiger partial charge >= 0.3 is 7.12 Å². The number of halogens is 1. The van der Waals surface area contributed by atoms with Crippen molar-refractivity contribution in [2.24, 2.45) is 0 Å². The quantitative estimate of drug-likeness (QED) is 0.0977. The van der Waals surface area contributed by atoms with E-state index in [2.05, 4.69) is 98.2 Å². The van der Waals surface area contributed by atoms with E-state index in [0.29, 0.717) is 5.56 Å². The van der Waals surface area contributed by atoms with E-state index >= 15 is 0 Å². The lowest BCUT2D eigenvalue weighted by atomic mass is 9.78. The molecule has 1 saturated heterocycles. The monoisotopic (exact) mass is 932 g/mol. The van der Waals surface area contributed by atoms with Crippen LogP contribution in [0.4, 0.5) is 0 Å². The SMILES string of the molecule is CC1(C)OB(c2ccc3ccc4ccccc4c3c2)OC1(C)C.[2H]c1c([2H])c([2H])c2c(-c3ccc4ccc5ccccc5c4c3)c3c([2H])c([2H])c([2H])c([2H])c3c([2H])c2c1[2H].[2H]c1c([2H])c([2H])c2c(Br)c3c([2H])c([2H])c([2H])c([2H])c3c([2H])c2c1[2H]. The summed E-state index contributed by atoms with van der Waals surface area (Å²) in [4.78, 5) is 0. The molecule has 66 heavy (non-hydrogen) atoms. The first kappa shape index (κ1) is 26.4.